The van der Waals surface area contributed by atoms with Crippen molar-refractivity contribution in [3.63, 3.8) is 0 Å². The van der Waals surface area contributed by atoms with Crippen LogP contribution < -0.4 is 9.64 Å². The van der Waals surface area contributed by atoms with Crippen LogP contribution in [0.1, 0.15) is 0 Å². The lowest BCUT2D eigenvalue weighted by atomic mass is 10.2. The van der Waals surface area contributed by atoms with Crippen LogP contribution in [0.25, 0.3) is 0 Å². The molecular weight excluding hydrogens is 406 g/mol. The number of rotatable bonds is 7. The largest absolute Gasteiger partial charge is 0.492 e. The monoisotopic (exact) mass is 431 g/mol. The molecule has 1 fully saturated rings. The molecule has 144 valence electrons. The van der Waals surface area contributed by atoms with Gasteiger partial charge < -0.3 is 14.5 Å². The normalized spacial score (nSPS) is 14.5. The number of para-hydroxylation sites is 1. The Bertz CT molecular complexity index is 716. The molecule has 1 amide bonds. The first kappa shape index (κ1) is 19.7. The fourth-order valence-electron chi connectivity index (χ4n) is 3.11. The van der Waals surface area contributed by atoms with Crippen LogP contribution in [0.2, 0.25) is 0 Å². The number of piperazine rings is 1. The highest BCUT2D eigenvalue weighted by Crippen LogP contribution is 2.17. The summed E-state index contributed by atoms with van der Waals surface area (Å²) in [6.07, 6.45) is 0. The number of nitrogens with zero attached hydrogens (tertiary/aromatic N) is 3. The molecule has 5 nitrogen and oxygen atoms in total. The van der Waals surface area contributed by atoms with Gasteiger partial charge in [0.1, 0.15) is 12.4 Å². The van der Waals surface area contributed by atoms with Crippen LogP contribution in [-0.4, -0.2) is 68.6 Å². The molecule has 1 heterocycles. The average Bonchev–Trinajstić information content (AvgIpc) is 2.70. The summed E-state index contributed by atoms with van der Waals surface area (Å²) in [6, 6.07) is 18.2. The first-order valence-corrected chi connectivity index (χ1v) is 10.1. The Morgan fingerprint density at radius 1 is 1.04 bits per heavy atom. The molecule has 0 spiro atoms. The van der Waals surface area contributed by atoms with Gasteiger partial charge in [0.05, 0.1) is 6.54 Å². The van der Waals surface area contributed by atoms with E-state index in [0.717, 1.165) is 36.4 Å². The Morgan fingerprint density at radius 2 is 1.70 bits per heavy atom. The lowest BCUT2D eigenvalue weighted by Gasteiger charge is -2.36. The van der Waals surface area contributed by atoms with Crippen molar-refractivity contribution in [2.45, 2.75) is 0 Å². The molecule has 0 radical (unpaired) electrons. The number of hydrogen-bond donors (Lipinski definition) is 0. The van der Waals surface area contributed by atoms with Crippen molar-refractivity contribution in [2.75, 3.05) is 57.8 Å². The Hall–Kier alpha value is -2.05. The van der Waals surface area contributed by atoms with Crippen LogP contribution in [0.5, 0.6) is 5.75 Å². The van der Waals surface area contributed by atoms with E-state index < -0.39 is 0 Å². The van der Waals surface area contributed by atoms with Crippen molar-refractivity contribution < 1.29 is 9.53 Å². The lowest BCUT2D eigenvalue weighted by Crippen LogP contribution is -2.51. The fraction of sp³-hybridized carbons (Fsp3) is 0.381. The second-order valence-electron chi connectivity index (χ2n) is 6.74. The molecule has 3 rings (SSSR count). The summed E-state index contributed by atoms with van der Waals surface area (Å²) in [4.78, 5) is 18.9. The number of benzene rings is 2. The van der Waals surface area contributed by atoms with Crippen LogP contribution >= 0.6 is 15.9 Å². The summed E-state index contributed by atoms with van der Waals surface area (Å²) in [6.45, 7) is 5.01. The van der Waals surface area contributed by atoms with E-state index in [1.807, 2.05) is 47.2 Å². The van der Waals surface area contributed by atoms with Gasteiger partial charge in [-0.15, -0.1) is 0 Å². The summed E-state index contributed by atoms with van der Waals surface area (Å²) in [5.41, 5.74) is 1.23. The molecule has 6 heteroatoms. The zero-order valence-corrected chi connectivity index (χ0v) is 17.3. The highest BCUT2D eigenvalue weighted by molar-refractivity contribution is 9.10. The molecular formula is C21H26BrN3O2. The number of hydrogen-bond acceptors (Lipinski definition) is 4. The van der Waals surface area contributed by atoms with Crippen LogP contribution in [0, 0.1) is 0 Å². The van der Waals surface area contributed by atoms with Gasteiger partial charge in [-0.3, -0.25) is 9.69 Å². The predicted molar refractivity (Wildman–Crippen MR) is 112 cm³/mol. The van der Waals surface area contributed by atoms with Crippen LogP contribution in [0.3, 0.4) is 0 Å². The first-order valence-electron chi connectivity index (χ1n) is 9.26. The van der Waals surface area contributed by atoms with Gasteiger partial charge in [-0.2, -0.15) is 0 Å². The summed E-state index contributed by atoms with van der Waals surface area (Å²) in [5.74, 6) is 1.03. The molecule has 27 heavy (non-hydrogen) atoms. The number of ether oxygens (including phenoxy) is 1. The topological polar surface area (TPSA) is 36.0 Å². The van der Waals surface area contributed by atoms with E-state index in [-0.39, 0.29) is 5.91 Å². The van der Waals surface area contributed by atoms with Gasteiger partial charge in [0.2, 0.25) is 5.91 Å². The second-order valence-corrected chi connectivity index (χ2v) is 7.66. The molecule has 0 saturated carbocycles. The molecule has 1 aliphatic heterocycles. The van der Waals surface area contributed by atoms with Crippen LogP contribution in [0.15, 0.2) is 59.1 Å². The van der Waals surface area contributed by atoms with Crippen molar-refractivity contribution in [3.8, 4) is 5.75 Å². The molecule has 1 aliphatic rings. The Kier molecular flexibility index (Phi) is 7.12. The summed E-state index contributed by atoms with van der Waals surface area (Å²) < 4.78 is 6.76. The second kappa shape index (κ2) is 9.76. The van der Waals surface area contributed by atoms with Crippen molar-refractivity contribution in [1.29, 1.82) is 0 Å². The summed E-state index contributed by atoms with van der Waals surface area (Å²) in [5, 5.41) is 0. The van der Waals surface area contributed by atoms with E-state index >= 15 is 0 Å². The molecule has 0 aliphatic carbocycles. The molecule has 0 aromatic heterocycles. The van der Waals surface area contributed by atoms with Crippen molar-refractivity contribution in [3.05, 3.63) is 59.1 Å². The van der Waals surface area contributed by atoms with Gasteiger partial charge in [0.25, 0.3) is 0 Å². The predicted octanol–water partition coefficient (Wildman–Crippen LogP) is 3.11. The Balaban J connectivity index is 1.36. The SMILES string of the molecule is CN(CCOc1ccc(Br)cc1)CC(=O)N1CCN(c2ccccc2)CC1. The molecule has 0 bridgehead atoms. The maximum atomic E-state index is 12.5. The Morgan fingerprint density at radius 3 is 2.37 bits per heavy atom. The Labute approximate surface area is 169 Å². The molecule has 2 aromatic rings. The number of halogens is 1. The number of amides is 1. The summed E-state index contributed by atoms with van der Waals surface area (Å²) in [7, 11) is 1.96. The zero-order chi connectivity index (χ0) is 19.1. The first-order chi connectivity index (χ1) is 13.1. The minimum atomic E-state index is 0.189. The van der Waals surface area contributed by atoms with E-state index in [0.29, 0.717) is 19.7 Å². The minimum Gasteiger partial charge on any atom is -0.492 e. The number of carbonyl (C=O) groups is 1. The number of anilines is 1. The maximum Gasteiger partial charge on any atom is 0.236 e. The maximum absolute atomic E-state index is 12.5. The number of carbonyl (C=O) groups excluding carboxylic acids is 1. The third kappa shape index (κ3) is 5.97. The molecule has 0 atom stereocenters. The van der Waals surface area contributed by atoms with E-state index in [1.54, 1.807) is 0 Å². The third-order valence-electron chi connectivity index (χ3n) is 4.71. The molecule has 0 unspecified atom stereocenters. The third-order valence-corrected chi connectivity index (χ3v) is 5.24. The lowest BCUT2D eigenvalue weighted by molar-refractivity contribution is -0.132. The van der Waals surface area contributed by atoms with Crippen molar-refractivity contribution >= 4 is 27.5 Å². The van der Waals surface area contributed by atoms with E-state index in [1.165, 1.54) is 5.69 Å². The van der Waals surface area contributed by atoms with E-state index in [4.69, 9.17) is 4.74 Å². The van der Waals surface area contributed by atoms with Crippen molar-refractivity contribution in [2.24, 2.45) is 0 Å². The van der Waals surface area contributed by atoms with Crippen LogP contribution in [0.4, 0.5) is 5.69 Å². The average molecular weight is 432 g/mol. The van der Waals surface area contributed by atoms with Gasteiger partial charge >= 0.3 is 0 Å². The van der Waals surface area contributed by atoms with Crippen LogP contribution in [-0.2, 0) is 4.79 Å². The summed E-state index contributed by atoms with van der Waals surface area (Å²) >= 11 is 3.41. The smallest absolute Gasteiger partial charge is 0.236 e. The highest BCUT2D eigenvalue weighted by atomic mass is 79.9. The fourth-order valence-corrected chi connectivity index (χ4v) is 3.38. The van der Waals surface area contributed by atoms with Gasteiger partial charge in [0.15, 0.2) is 0 Å². The van der Waals surface area contributed by atoms with E-state index in [2.05, 4.69) is 45.1 Å². The van der Waals surface area contributed by atoms with Gasteiger partial charge in [0, 0.05) is 42.9 Å². The van der Waals surface area contributed by atoms with E-state index in [9.17, 15) is 4.79 Å². The standard InChI is InChI=1S/C21H26BrN3O2/c1-23(15-16-27-20-9-7-18(22)8-10-20)17-21(26)25-13-11-24(12-14-25)19-5-3-2-4-6-19/h2-10H,11-17H2,1H3. The van der Waals surface area contributed by atoms with Crippen molar-refractivity contribution in [1.82, 2.24) is 9.80 Å². The van der Waals surface area contributed by atoms with Gasteiger partial charge in [-0.1, -0.05) is 34.1 Å². The molecule has 1 saturated heterocycles. The van der Waals surface area contributed by atoms with Gasteiger partial charge in [-0.05, 0) is 43.4 Å². The van der Waals surface area contributed by atoms with Gasteiger partial charge in [-0.25, -0.2) is 0 Å². The zero-order valence-electron chi connectivity index (χ0n) is 15.7. The molecule has 0 N–H and O–H groups in total. The minimum absolute atomic E-state index is 0.189. The highest BCUT2D eigenvalue weighted by Gasteiger charge is 2.21. The molecule has 2 aromatic carbocycles. The quantitative estimate of drug-likeness (QED) is 0.674. The number of likely N-dealkylation sites (N-methyl/N-ethyl adjacent to an activating group) is 1.